The minimum Gasteiger partial charge on any atom is -0.507 e. The van der Waals surface area contributed by atoms with Gasteiger partial charge in [-0.15, -0.1) is 0 Å². The third-order valence-corrected chi connectivity index (χ3v) is 4.86. The Balaban J connectivity index is 1.53. The molecule has 4 aromatic rings. The maximum absolute atomic E-state index is 10.3. The van der Waals surface area contributed by atoms with Gasteiger partial charge in [0.1, 0.15) is 5.75 Å². The lowest BCUT2D eigenvalue weighted by atomic mass is 10.0. The van der Waals surface area contributed by atoms with Crippen molar-refractivity contribution in [2.45, 2.75) is 20.0 Å². The van der Waals surface area contributed by atoms with Gasteiger partial charge in [-0.3, -0.25) is 4.98 Å². The highest BCUT2D eigenvalue weighted by molar-refractivity contribution is 6.31. The van der Waals surface area contributed by atoms with E-state index in [2.05, 4.69) is 19.9 Å². The second-order valence-corrected chi connectivity index (χ2v) is 6.93. The van der Waals surface area contributed by atoms with Gasteiger partial charge in [-0.2, -0.15) is 4.98 Å². The molecule has 1 aliphatic rings. The summed E-state index contributed by atoms with van der Waals surface area (Å²) in [6.07, 6.45) is 5.21. The monoisotopic (exact) mass is 379 g/mol. The second kappa shape index (κ2) is 5.92. The molecule has 0 unspecified atom stereocenters. The molecule has 0 radical (unpaired) electrons. The SMILES string of the molecule is Cc1cc(Cl)cc(O)c1-c1cnc2oc(N3Cc4ccncc4C3)nc2n1. The average Bonchev–Trinajstić information content (AvgIpc) is 3.24. The Hall–Kier alpha value is -3.19. The maximum atomic E-state index is 10.3. The standard InChI is InChI=1S/C19H14ClN5O2/c1-10-4-13(20)5-15(26)16(10)14-7-22-18-17(23-14)24-19(27-18)25-8-11-2-3-21-6-12(11)9-25/h2-7,26H,8-9H2,1H3. The number of rotatable bonds is 2. The molecule has 134 valence electrons. The lowest BCUT2D eigenvalue weighted by Crippen LogP contribution is -2.14. The van der Waals surface area contributed by atoms with Gasteiger partial charge in [-0.25, -0.2) is 9.97 Å². The highest BCUT2D eigenvalue weighted by Gasteiger charge is 2.24. The molecule has 0 bridgehead atoms. The topological polar surface area (TPSA) is 88.2 Å². The third kappa shape index (κ3) is 2.67. The number of phenols is 1. The van der Waals surface area contributed by atoms with Gasteiger partial charge in [0.2, 0.25) is 5.65 Å². The Morgan fingerprint density at radius 2 is 2.00 bits per heavy atom. The Kier molecular flexibility index (Phi) is 3.51. The number of halogens is 1. The largest absolute Gasteiger partial charge is 0.507 e. The molecule has 3 aromatic heterocycles. The van der Waals surface area contributed by atoms with Crippen molar-refractivity contribution >= 4 is 29.0 Å². The van der Waals surface area contributed by atoms with E-state index in [0.717, 1.165) is 11.1 Å². The summed E-state index contributed by atoms with van der Waals surface area (Å²) < 4.78 is 5.79. The van der Waals surface area contributed by atoms with E-state index in [4.69, 9.17) is 16.0 Å². The second-order valence-electron chi connectivity index (χ2n) is 6.50. The van der Waals surface area contributed by atoms with Crippen LogP contribution in [-0.4, -0.2) is 25.0 Å². The van der Waals surface area contributed by atoms with Crippen LogP contribution >= 0.6 is 11.6 Å². The molecule has 0 spiro atoms. The fraction of sp³-hybridized carbons (Fsp3) is 0.158. The molecule has 0 fully saturated rings. The van der Waals surface area contributed by atoms with Crippen LogP contribution < -0.4 is 4.90 Å². The molecular weight excluding hydrogens is 366 g/mol. The van der Waals surface area contributed by atoms with Gasteiger partial charge >= 0.3 is 6.01 Å². The van der Waals surface area contributed by atoms with Crippen molar-refractivity contribution in [3.8, 4) is 17.0 Å². The smallest absolute Gasteiger partial charge is 0.301 e. The molecular formula is C19H14ClN5O2. The summed E-state index contributed by atoms with van der Waals surface area (Å²) in [5.41, 5.74) is 5.01. The fourth-order valence-corrected chi connectivity index (χ4v) is 3.65. The number of aryl methyl sites for hydroxylation is 1. The first-order chi connectivity index (χ1) is 13.1. The van der Waals surface area contributed by atoms with Crippen LogP contribution in [0.2, 0.25) is 5.02 Å². The van der Waals surface area contributed by atoms with Gasteiger partial charge in [-0.05, 0) is 41.8 Å². The van der Waals surface area contributed by atoms with E-state index in [1.165, 1.54) is 11.6 Å². The van der Waals surface area contributed by atoms with Crippen molar-refractivity contribution in [1.82, 2.24) is 19.9 Å². The Labute approximate surface area is 159 Å². The molecule has 1 N–H and O–H groups in total. The minimum atomic E-state index is 0.0554. The first-order valence-corrected chi connectivity index (χ1v) is 8.76. The number of benzene rings is 1. The van der Waals surface area contributed by atoms with E-state index in [-0.39, 0.29) is 5.75 Å². The van der Waals surface area contributed by atoms with Gasteiger partial charge < -0.3 is 14.4 Å². The average molecular weight is 380 g/mol. The Bertz CT molecular complexity index is 1140. The zero-order valence-electron chi connectivity index (χ0n) is 14.3. The van der Waals surface area contributed by atoms with Crippen molar-refractivity contribution in [1.29, 1.82) is 0 Å². The number of pyridine rings is 1. The summed E-state index contributed by atoms with van der Waals surface area (Å²) in [6, 6.07) is 5.72. The molecule has 0 atom stereocenters. The number of nitrogens with zero attached hydrogens (tertiary/aromatic N) is 5. The quantitative estimate of drug-likeness (QED) is 0.565. The van der Waals surface area contributed by atoms with Crippen LogP contribution in [-0.2, 0) is 13.1 Å². The third-order valence-electron chi connectivity index (χ3n) is 4.64. The molecule has 1 aromatic carbocycles. The van der Waals surface area contributed by atoms with Crippen LogP contribution in [0.4, 0.5) is 6.01 Å². The van der Waals surface area contributed by atoms with Crippen LogP contribution in [0, 0.1) is 6.92 Å². The molecule has 0 amide bonds. The van der Waals surface area contributed by atoms with Gasteiger partial charge in [-0.1, -0.05) is 11.6 Å². The van der Waals surface area contributed by atoms with Crippen molar-refractivity contribution in [2.24, 2.45) is 0 Å². The Morgan fingerprint density at radius 1 is 1.15 bits per heavy atom. The van der Waals surface area contributed by atoms with E-state index in [9.17, 15) is 5.11 Å². The van der Waals surface area contributed by atoms with Crippen molar-refractivity contribution in [3.63, 3.8) is 0 Å². The van der Waals surface area contributed by atoms with E-state index < -0.39 is 0 Å². The first-order valence-electron chi connectivity index (χ1n) is 8.38. The van der Waals surface area contributed by atoms with Gasteiger partial charge in [0, 0.05) is 36.1 Å². The number of hydrogen-bond acceptors (Lipinski definition) is 7. The zero-order chi connectivity index (χ0) is 18.5. The number of oxazole rings is 1. The summed E-state index contributed by atoms with van der Waals surface area (Å²) in [7, 11) is 0. The minimum absolute atomic E-state index is 0.0554. The highest BCUT2D eigenvalue weighted by atomic mass is 35.5. The molecule has 27 heavy (non-hydrogen) atoms. The van der Waals surface area contributed by atoms with Gasteiger partial charge in [0.15, 0.2) is 0 Å². The molecule has 5 rings (SSSR count). The fourth-order valence-electron chi connectivity index (χ4n) is 3.38. The van der Waals surface area contributed by atoms with Crippen LogP contribution in [0.15, 0.2) is 41.2 Å². The summed E-state index contributed by atoms with van der Waals surface area (Å²) in [6.45, 7) is 3.24. The summed E-state index contributed by atoms with van der Waals surface area (Å²) >= 11 is 5.99. The number of anilines is 1. The first kappa shape index (κ1) is 16.0. The van der Waals surface area contributed by atoms with Crippen molar-refractivity contribution < 1.29 is 9.52 Å². The lowest BCUT2D eigenvalue weighted by molar-refractivity contribution is 0.477. The molecule has 4 heterocycles. The zero-order valence-corrected chi connectivity index (χ0v) is 15.1. The normalized spacial score (nSPS) is 13.3. The number of phenolic OH excluding ortho intramolecular Hbond substituents is 1. The van der Waals surface area contributed by atoms with E-state index in [1.807, 2.05) is 24.1 Å². The van der Waals surface area contributed by atoms with E-state index in [1.54, 1.807) is 18.5 Å². The molecule has 1 aliphatic heterocycles. The van der Waals surface area contributed by atoms with Crippen molar-refractivity contribution in [2.75, 3.05) is 4.90 Å². The molecule has 0 saturated carbocycles. The highest BCUT2D eigenvalue weighted by Crippen LogP contribution is 2.35. The number of fused-ring (bicyclic) bond motifs is 2. The van der Waals surface area contributed by atoms with Crippen LogP contribution in [0.3, 0.4) is 0 Å². The lowest BCUT2D eigenvalue weighted by Gasteiger charge is -2.10. The van der Waals surface area contributed by atoms with Gasteiger partial charge in [0.25, 0.3) is 5.71 Å². The van der Waals surface area contributed by atoms with Crippen molar-refractivity contribution in [3.05, 3.63) is 58.5 Å². The maximum Gasteiger partial charge on any atom is 0.301 e. The predicted octanol–water partition coefficient (Wildman–Crippen LogP) is 3.87. The molecule has 7 nitrogen and oxygen atoms in total. The Morgan fingerprint density at radius 3 is 2.81 bits per heavy atom. The number of hydrogen-bond donors (Lipinski definition) is 1. The summed E-state index contributed by atoms with van der Waals surface area (Å²) in [4.78, 5) is 19.5. The molecule has 8 heteroatoms. The summed E-state index contributed by atoms with van der Waals surface area (Å²) in [5.74, 6) is 0.0554. The predicted molar refractivity (Wildman–Crippen MR) is 101 cm³/mol. The van der Waals surface area contributed by atoms with E-state index >= 15 is 0 Å². The number of aromatic nitrogens is 4. The molecule has 0 saturated heterocycles. The van der Waals surface area contributed by atoms with E-state index in [0.29, 0.717) is 46.7 Å². The van der Waals surface area contributed by atoms with Crippen LogP contribution in [0.25, 0.3) is 22.6 Å². The van der Waals surface area contributed by atoms with Crippen LogP contribution in [0.5, 0.6) is 5.75 Å². The van der Waals surface area contributed by atoms with Gasteiger partial charge in [0.05, 0.1) is 11.9 Å². The number of aromatic hydroxyl groups is 1. The van der Waals surface area contributed by atoms with Crippen LogP contribution in [0.1, 0.15) is 16.7 Å². The summed E-state index contributed by atoms with van der Waals surface area (Å²) in [5, 5.41) is 10.7. The molecule has 0 aliphatic carbocycles.